The van der Waals surface area contributed by atoms with Crippen LogP contribution in [0, 0.1) is 0 Å². The molecule has 2 N–H and O–H groups in total. The Balaban J connectivity index is 3.86. The van der Waals surface area contributed by atoms with E-state index in [4.69, 9.17) is 19.3 Å². The van der Waals surface area contributed by atoms with Gasteiger partial charge in [0, 0.05) is 12.8 Å². The number of hydrogen-bond acceptors (Lipinski definition) is 6. The largest absolute Gasteiger partial charge is 0.469 e. The van der Waals surface area contributed by atoms with Gasteiger partial charge in [0.05, 0.1) is 6.61 Å². The molecule has 0 unspecified atom stereocenters. The fraction of sp³-hybridized carbons (Fsp3) is 0.950. The van der Waals surface area contributed by atoms with Gasteiger partial charge in [-0.1, -0.05) is 200 Å². The van der Waals surface area contributed by atoms with Crippen molar-refractivity contribution in [3.63, 3.8) is 0 Å². The first-order valence-corrected chi connectivity index (χ1v) is 22.4. The molecule has 0 aliphatic rings. The van der Waals surface area contributed by atoms with Crippen LogP contribution < -0.4 is 0 Å². The van der Waals surface area contributed by atoms with Gasteiger partial charge in [-0.25, -0.2) is 4.57 Å². The average molecular weight is 719 g/mol. The number of ether oxygens (including phenoxy) is 2. The normalized spacial score (nSPS) is 12.3. The molecular formula is C40H79O8P. The first-order valence-electron chi connectivity index (χ1n) is 20.8. The van der Waals surface area contributed by atoms with Crippen molar-refractivity contribution in [2.75, 3.05) is 13.2 Å². The van der Waals surface area contributed by atoms with Crippen molar-refractivity contribution >= 4 is 19.8 Å². The predicted octanol–water partition coefficient (Wildman–Crippen LogP) is 12.5. The number of esters is 2. The second kappa shape index (κ2) is 36.8. The van der Waals surface area contributed by atoms with Crippen LogP contribution >= 0.6 is 7.82 Å². The minimum atomic E-state index is -4.74. The summed E-state index contributed by atoms with van der Waals surface area (Å²) in [5.74, 6) is -0.868. The maximum atomic E-state index is 12.4. The van der Waals surface area contributed by atoms with Crippen LogP contribution in [0.25, 0.3) is 0 Å². The molecule has 0 amide bonds. The molecule has 0 aromatic rings. The molecule has 0 aromatic carbocycles. The Labute approximate surface area is 302 Å². The van der Waals surface area contributed by atoms with Crippen LogP contribution in [0.3, 0.4) is 0 Å². The zero-order chi connectivity index (χ0) is 36.1. The summed E-state index contributed by atoms with van der Waals surface area (Å²) in [4.78, 5) is 42.8. The van der Waals surface area contributed by atoms with Crippen molar-refractivity contribution in [3.8, 4) is 0 Å². The third-order valence-electron chi connectivity index (χ3n) is 9.38. The molecule has 0 aliphatic carbocycles. The Morgan fingerprint density at radius 3 is 1.04 bits per heavy atom. The molecule has 0 radical (unpaired) electrons. The second-order valence-corrected chi connectivity index (χ2v) is 15.6. The Hall–Kier alpha value is -0.950. The van der Waals surface area contributed by atoms with E-state index in [1.807, 2.05) is 0 Å². The molecular weight excluding hydrogens is 639 g/mol. The number of hydrogen-bond donors (Lipinski definition) is 2. The highest BCUT2D eigenvalue weighted by molar-refractivity contribution is 7.46. The molecule has 49 heavy (non-hydrogen) atoms. The third kappa shape index (κ3) is 39.7. The number of unbranched alkanes of at least 4 members (excludes halogenated alkanes) is 29. The molecule has 8 nitrogen and oxygen atoms in total. The first-order chi connectivity index (χ1) is 23.8. The number of carbonyl (C=O) groups excluding carboxylic acids is 2. The van der Waals surface area contributed by atoms with E-state index in [9.17, 15) is 14.2 Å². The van der Waals surface area contributed by atoms with E-state index in [2.05, 4.69) is 18.4 Å². The van der Waals surface area contributed by atoms with E-state index >= 15 is 0 Å². The average Bonchev–Trinajstić information content (AvgIpc) is 3.07. The molecule has 0 saturated carbocycles. The van der Waals surface area contributed by atoms with Gasteiger partial charge in [-0.3, -0.25) is 14.1 Å². The van der Waals surface area contributed by atoms with Gasteiger partial charge in [0.1, 0.15) is 6.61 Å². The smallest absolute Gasteiger partial charge is 0.462 e. The Morgan fingerprint density at radius 1 is 0.449 bits per heavy atom. The Bertz CT molecular complexity index is 771. The molecule has 0 fully saturated rings. The van der Waals surface area contributed by atoms with Crippen LogP contribution in [0.4, 0.5) is 0 Å². The molecule has 1 atom stereocenters. The highest BCUT2D eigenvalue weighted by Gasteiger charge is 2.22. The van der Waals surface area contributed by atoms with E-state index in [0.717, 1.165) is 32.1 Å². The molecule has 0 aliphatic heterocycles. The van der Waals surface area contributed by atoms with Gasteiger partial charge in [-0.2, -0.15) is 0 Å². The molecule has 0 saturated heterocycles. The highest BCUT2D eigenvalue weighted by Crippen LogP contribution is 2.36. The summed E-state index contributed by atoms with van der Waals surface area (Å²) in [7, 11) is -4.74. The zero-order valence-electron chi connectivity index (χ0n) is 32.1. The lowest BCUT2D eigenvalue weighted by molar-refractivity contribution is -0.161. The standard InChI is InChI=1S/C40H79O8P/c1-3-5-7-9-11-13-15-17-19-20-21-23-25-27-29-31-33-35-40(42)48-38(37-47-49(43,44)45)36-46-39(41)34-32-30-28-26-24-22-18-16-14-12-10-8-6-4-2/h38H,3-37H2,1-2H3,(H2,43,44,45)/t38-/m1/s1. The number of phosphoric ester groups is 1. The van der Waals surface area contributed by atoms with Crippen molar-refractivity contribution < 1.29 is 37.9 Å². The minimum Gasteiger partial charge on any atom is -0.462 e. The van der Waals surface area contributed by atoms with E-state index in [1.54, 1.807) is 0 Å². The van der Waals surface area contributed by atoms with Crippen molar-refractivity contribution in [2.24, 2.45) is 0 Å². The predicted molar refractivity (Wildman–Crippen MR) is 203 cm³/mol. The van der Waals surface area contributed by atoms with Gasteiger partial charge in [-0.15, -0.1) is 0 Å². The van der Waals surface area contributed by atoms with E-state index in [0.29, 0.717) is 6.42 Å². The SMILES string of the molecule is CCCCCCCCCCCCCCCCCCCC(=O)O[C@H](COC(=O)CCCCCCCCCCCCCCCC)COP(=O)(O)O. The summed E-state index contributed by atoms with van der Waals surface area (Å²) in [6.45, 7) is 3.71. The monoisotopic (exact) mass is 719 g/mol. The van der Waals surface area contributed by atoms with Gasteiger partial charge in [0.25, 0.3) is 0 Å². The molecule has 9 heteroatoms. The lowest BCUT2D eigenvalue weighted by Gasteiger charge is -2.18. The van der Waals surface area contributed by atoms with Crippen LogP contribution in [-0.4, -0.2) is 41.0 Å². The van der Waals surface area contributed by atoms with Crippen molar-refractivity contribution in [1.29, 1.82) is 0 Å². The summed E-state index contributed by atoms with van der Waals surface area (Å²) in [6, 6.07) is 0. The van der Waals surface area contributed by atoms with Crippen molar-refractivity contribution in [1.82, 2.24) is 0 Å². The summed E-state index contributed by atoms with van der Waals surface area (Å²) in [6.07, 6.45) is 38.2. The number of phosphoric acid groups is 1. The van der Waals surface area contributed by atoms with Crippen LogP contribution in [0.15, 0.2) is 0 Å². The highest BCUT2D eigenvalue weighted by atomic mass is 31.2. The molecule has 0 spiro atoms. The minimum absolute atomic E-state index is 0.220. The Morgan fingerprint density at radius 2 is 0.735 bits per heavy atom. The topological polar surface area (TPSA) is 119 Å². The van der Waals surface area contributed by atoms with E-state index in [1.165, 1.54) is 161 Å². The summed E-state index contributed by atoms with van der Waals surface area (Å²) in [5, 5.41) is 0. The summed E-state index contributed by atoms with van der Waals surface area (Å²) < 4.78 is 26.4. The van der Waals surface area contributed by atoms with Crippen LogP contribution in [0.5, 0.6) is 0 Å². The summed E-state index contributed by atoms with van der Waals surface area (Å²) in [5.41, 5.74) is 0. The zero-order valence-corrected chi connectivity index (χ0v) is 33.0. The van der Waals surface area contributed by atoms with E-state index < -0.39 is 32.5 Å². The number of carbonyl (C=O) groups is 2. The fourth-order valence-corrected chi connectivity index (χ4v) is 6.62. The number of rotatable bonds is 39. The molecule has 292 valence electrons. The van der Waals surface area contributed by atoms with Crippen LogP contribution in [0.1, 0.15) is 226 Å². The van der Waals surface area contributed by atoms with Crippen LogP contribution in [-0.2, 0) is 28.2 Å². The van der Waals surface area contributed by atoms with Gasteiger partial charge >= 0.3 is 19.8 Å². The maximum absolute atomic E-state index is 12.4. The van der Waals surface area contributed by atoms with Crippen molar-refractivity contribution in [3.05, 3.63) is 0 Å². The molecule has 0 aromatic heterocycles. The quantitative estimate of drug-likeness (QED) is 0.0366. The molecule has 0 heterocycles. The third-order valence-corrected chi connectivity index (χ3v) is 9.86. The van der Waals surface area contributed by atoms with E-state index in [-0.39, 0.29) is 19.4 Å². The second-order valence-electron chi connectivity index (χ2n) is 14.3. The lowest BCUT2D eigenvalue weighted by atomic mass is 10.0. The maximum Gasteiger partial charge on any atom is 0.469 e. The Kier molecular flexibility index (Phi) is 36.1. The van der Waals surface area contributed by atoms with Gasteiger partial charge < -0.3 is 19.3 Å². The lowest BCUT2D eigenvalue weighted by Crippen LogP contribution is -2.29. The molecule has 0 rings (SSSR count). The van der Waals surface area contributed by atoms with Gasteiger partial charge in [-0.05, 0) is 12.8 Å². The van der Waals surface area contributed by atoms with Crippen molar-refractivity contribution in [2.45, 2.75) is 232 Å². The first kappa shape index (κ1) is 48.0. The fourth-order valence-electron chi connectivity index (χ4n) is 6.26. The van der Waals surface area contributed by atoms with Gasteiger partial charge in [0.2, 0.25) is 0 Å². The van der Waals surface area contributed by atoms with Crippen LogP contribution in [0.2, 0.25) is 0 Å². The summed E-state index contributed by atoms with van der Waals surface area (Å²) >= 11 is 0. The van der Waals surface area contributed by atoms with Gasteiger partial charge in [0.15, 0.2) is 6.10 Å². The molecule has 0 bridgehead atoms.